The topological polar surface area (TPSA) is 81.8 Å². The zero-order valence-corrected chi connectivity index (χ0v) is 20.0. The Morgan fingerprint density at radius 3 is 2.47 bits per heavy atom. The van der Waals surface area contributed by atoms with Gasteiger partial charge in [-0.25, -0.2) is 9.36 Å². The summed E-state index contributed by atoms with van der Waals surface area (Å²) in [6.45, 7) is 7.49. The number of carbonyl (C=O) groups is 1. The summed E-state index contributed by atoms with van der Waals surface area (Å²) in [4.78, 5) is 26.6. The van der Waals surface area contributed by atoms with Gasteiger partial charge in [-0.3, -0.25) is 9.59 Å². The molecule has 1 atom stereocenters. The SMILES string of the molecule is CC[C@H](C(=O)Nc1ccc(Br)c(C)c1)n1nc(C)c2nn(-c3ccccc3)c(C)c2c1=O. The molecule has 0 fully saturated rings. The molecule has 0 aliphatic carbocycles. The predicted molar refractivity (Wildman–Crippen MR) is 129 cm³/mol. The number of fused-ring (bicyclic) bond motifs is 1. The van der Waals surface area contributed by atoms with Gasteiger partial charge in [-0.15, -0.1) is 0 Å². The van der Waals surface area contributed by atoms with E-state index in [9.17, 15) is 9.59 Å². The van der Waals surface area contributed by atoms with Crippen LogP contribution in [0.5, 0.6) is 0 Å². The van der Waals surface area contributed by atoms with E-state index in [-0.39, 0.29) is 11.5 Å². The number of para-hydroxylation sites is 1. The highest BCUT2D eigenvalue weighted by atomic mass is 79.9. The van der Waals surface area contributed by atoms with Crippen LogP contribution in [0.2, 0.25) is 0 Å². The fourth-order valence-corrected chi connectivity index (χ4v) is 4.08. The van der Waals surface area contributed by atoms with E-state index in [2.05, 4.69) is 31.4 Å². The Balaban J connectivity index is 1.78. The number of amides is 1. The van der Waals surface area contributed by atoms with Crippen molar-refractivity contribution in [2.45, 2.75) is 40.2 Å². The zero-order chi connectivity index (χ0) is 23.0. The van der Waals surface area contributed by atoms with E-state index in [1.165, 1.54) is 4.68 Å². The lowest BCUT2D eigenvalue weighted by Gasteiger charge is -2.18. The van der Waals surface area contributed by atoms with E-state index in [1.54, 1.807) is 4.68 Å². The number of benzene rings is 2. The molecular formula is C24H24BrN5O2. The first-order valence-corrected chi connectivity index (χ1v) is 11.2. The van der Waals surface area contributed by atoms with Crippen LogP contribution in [0, 0.1) is 20.8 Å². The summed E-state index contributed by atoms with van der Waals surface area (Å²) in [5.74, 6) is -0.282. The molecule has 0 unspecified atom stereocenters. The van der Waals surface area contributed by atoms with Crippen molar-refractivity contribution in [1.29, 1.82) is 0 Å². The van der Waals surface area contributed by atoms with Crippen LogP contribution in [0.25, 0.3) is 16.6 Å². The van der Waals surface area contributed by atoms with E-state index < -0.39 is 6.04 Å². The van der Waals surface area contributed by atoms with Gasteiger partial charge in [-0.05, 0) is 63.1 Å². The van der Waals surface area contributed by atoms with Crippen LogP contribution in [0.4, 0.5) is 5.69 Å². The molecule has 0 aliphatic heterocycles. The molecule has 0 bridgehead atoms. The van der Waals surface area contributed by atoms with Crippen LogP contribution in [0.3, 0.4) is 0 Å². The van der Waals surface area contributed by atoms with Gasteiger partial charge < -0.3 is 5.32 Å². The first kappa shape index (κ1) is 22.0. The van der Waals surface area contributed by atoms with Crippen molar-refractivity contribution in [3.8, 4) is 5.69 Å². The van der Waals surface area contributed by atoms with Gasteiger partial charge in [0.2, 0.25) is 5.91 Å². The molecule has 4 aromatic rings. The molecule has 1 amide bonds. The Bertz CT molecular complexity index is 1370. The van der Waals surface area contributed by atoms with Crippen LogP contribution in [-0.2, 0) is 4.79 Å². The third-order valence-corrected chi connectivity index (χ3v) is 6.44. The molecule has 0 radical (unpaired) electrons. The van der Waals surface area contributed by atoms with Gasteiger partial charge in [-0.1, -0.05) is 41.1 Å². The molecule has 4 rings (SSSR count). The van der Waals surface area contributed by atoms with Crippen molar-refractivity contribution in [2.75, 3.05) is 5.32 Å². The highest BCUT2D eigenvalue weighted by Gasteiger charge is 2.25. The second kappa shape index (κ2) is 8.70. The standard InChI is InChI=1S/C24H24BrN5O2/c1-5-20(23(31)26-17-11-12-19(25)14(2)13-17)30-24(32)21-16(4)29(18-9-7-6-8-10-18)28-22(21)15(3)27-30/h6-13,20H,5H2,1-4H3,(H,26,31)/t20-/m1/s1. The quantitative estimate of drug-likeness (QED) is 0.430. The van der Waals surface area contributed by atoms with Gasteiger partial charge >= 0.3 is 0 Å². The number of nitrogens with one attached hydrogen (secondary N) is 1. The summed E-state index contributed by atoms with van der Waals surface area (Å²) >= 11 is 3.46. The number of aromatic nitrogens is 4. The van der Waals surface area contributed by atoms with Crippen molar-refractivity contribution in [3.63, 3.8) is 0 Å². The first-order valence-electron chi connectivity index (χ1n) is 10.4. The lowest BCUT2D eigenvalue weighted by molar-refractivity contribution is -0.119. The largest absolute Gasteiger partial charge is 0.324 e. The maximum atomic E-state index is 13.5. The molecule has 0 aliphatic rings. The first-order chi connectivity index (χ1) is 15.3. The van der Waals surface area contributed by atoms with Crippen LogP contribution in [-0.4, -0.2) is 25.5 Å². The number of anilines is 1. The molecule has 7 nitrogen and oxygen atoms in total. The maximum absolute atomic E-state index is 13.5. The van der Waals surface area contributed by atoms with Gasteiger partial charge in [0.15, 0.2) is 0 Å². The molecule has 32 heavy (non-hydrogen) atoms. The normalized spacial score (nSPS) is 12.2. The van der Waals surface area contributed by atoms with E-state index in [1.807, 2.05) is 76.2 Å². The van der Waals surface area contributed by atoms with E-state index in [0.717, 1.165) is 15.7 Å². The van der Waals surface area contributed by atoms with Crippen molar-refractivity contribution < 1.29 is 4.79 Å². The average Bonchev–Trinajstić information content (AvgIpc) is 3.13. The Labute approximate surface area is 194 Å². The van der Waals surface area contributed by atoms with Crippen LogP contribution < -0.4 is 10.9 Å². The molecule has 2 heterocycles. The van der Waals surface area contributed by atoms with E-state index >= 15 is 0 Å². The van der Waals surface area contributed by atoms with Crippen molar-refractivity contribution >= 4 is 38.4 Å². The summed E-state index contributed by atoms with van der Waals surface area (Å²) in [7, 11) is 0. The third kappa shape index (κ3) is 3.86. The summed E-state index contributed by atoms with van der Waals surface area (Å²) in [6, 6.07) is 14.5. The zero-order valence-electron chi connectivity index (χ0n) is 18.4. The van der Waals surface area contributed by atoms with Gasteiger partial charge in [0, 0.05) is 10.2 Å². The lowest BCUT2D eigenvalue weighted by atomic mass is 10.1. The Morgan fingerprint density at radius 2 is 1.81 bits per heavy atom. The molecular weight excluding hydrogens is 470 g/mol. The minimum Gasteiger partial charge on any atom is -0.324 e. The number of hydrogen-bond acceptors (Lipinski definition) is 4. The second-order valence-electron chi connectivity index (χ2n) is 7.77. The fraction of sp³-hybridized carbons (Fsp3) is 0.250. The number of rotatable bonds is 5. The van der Waals surface area contributed by atoms with Crippen molar-refractivity contribution in [3.05, 3.63) is 80.3 Å². The number of halogens is 1. The summed E-state index contributed by atoms with van der Waals surface area (Å²) in [5, 5.41) is 12.5. The monoisotopic (exact) mass is 493 g/mol. The summed E-state index contributed by atoms with van der Waals surface area (Å²) in [6.07, 6.45) is 0.422. The molecule has 0 spiro atoms. The van der Waals surface area contributed by atoms with Crippen molar-refractivity contribution in [1.82, 2.24) is 19.6 Å². The Morgan fingerprint density at radius 1 is 1.09 bits per heavy atom. The number of aryl methyl sites for hydroxylation is 3. The van der Waals surface area contributed by atoms with Gasteiger partial charge in [0.25, 0.3) is 5.56 Å². The highest BCUT2D eigenvalue weighted by Crippen LogP contribution is 2.23. The molecule has 2 aromatic heterocycles. The molecule has 8 heteroatoms. The van der Waals surface area contributed by atoms with Gasteiger partial charge in [0.05, 0.1) is 22.5 Å². The molecule has 164 valence electrons. The molecule has 1 N–H and O–H groups in total. The van der Waals surface area contributed by atoms with E-state index in [0.29, 0.717) is 34.4 Å². The highest BCUT2D eigenvalue weighted by molar-refractivity contribution is 9.10. The predicted octanol–water partition coefficient (Wildman–Crippen LogP) is 4.86. The number of nitrogens with zero attached hydrogens (tertiary/aromatic N) is 4. The minimum atomic E-state index is -0.742. The second-order valence-corrected chi connectivity index (χ2v) is 8.62. The average molecular weight is 494 g/mol. The summed E-state index contributed by atoms with van der Waals surface area (Å²) < 4.78 is 4.01. The molecule has 0 saturated heterocycles. The lowest BCUT2D eigenvalue weighted by Crippen LogP contribution is -2.35. The van der Waals surface area contributed by atoms with Crippen LogP contribution >= 0.6 is 15.9 Å². The maximum Gasteiger partial charge on any atom is 0.278 e. The Kier molecular flexibility index (Phi) is 5.97. The minimum absolute atomic E-state index is 0.282. The third-order valence-electron chi connectivity index (χ3n) is 5.55. The van der Waals surface area contributed by atoms with Crippen LogP contribution in [0.1, 0.15) is 36.3 Å². The van der Waals surface area contributed by atoms with Crippen LogP contribution in [0.15, 0.2) is 57.8 Å². The smallest absolute Gasteiger partial charge is 0.278 e. The molecule has 0 saturated carbocycles. The van der Waals surface area contributed by atoms with Crippen molar-refractivity contribution in [2.24, 2.45) is 0 Å². The van der Waals surface area contributed by atoms with E-state index in [4.69, 9.17) is 0 Å². The molecule has 2 aromatic carbocycles. The Hall–Kier alpha value is -3.26. The number of hydrogen-bond donors (Lipinski definition) is 1. The summed E-state index contributed by atoms with van der Waals surface area (Å²) in [5.41, 5.74) is 4.09. The van der Waals surface area contributed by atoms with Gasteiger partial charge in [0.1, 0.15) is 11.6 Å². The number of carbonyl (C=O) groups excluding carboxylic acids is 1. The fourth-order valence-electron chi connectivity index (χ4n) is 3.83. The van der Waals surface area contributed by atoms with Gasteiger partial charge in [-0.2, -0.15) is 10.2 Å².